The average Bonchev–Trinajstić information content (AvgIpc) is 2.42. The number of aryl methyl sites for hydroxylation is 1. The Balaban J connectivity index is 1.88. The number of rotatable bonds is 2. The Kier molecular flexibility index (Phi) is 3.47. The Bertz CT molecular complexity index is 597. The molecule has 1 atom stereocenters. The number of anilines is 1. The van der Waals surface area contributed by atoms with E-state index in [-0.39, 0.29) is 5.82 Å². The van der Waals surface area contributed by atoms with Gasteiger partial charge in [-0.2, -0.15) is 0 Å². The van der Waals surface area contributed by atoms with Crippen LogP contribution in [0.15, 0.2) is 47.4 Å². The van der Waals surface area contributed by atoms with Crippen LogP contribution in [0.2, 0.25) is 0 Å². The van der Waals surface area contributed by atoms with Gasteiger partial charge < -0.3 is 5.32 Å². The van der Waals surface area contributed by atoms with Gasteiger partial charge in [-0.15, -0.1) is 11.8 Å². The van der Waals surface area contributed by atoms with Crippen LogP contribution in [-0.2, 0) is 0 Å². The van der Waals surface area contributed by atoms with Gasteiger partial charge in [0.1, 0.15) is 5.82 Å². The summed E-state index contributed by atoms with van der Waals surface area (Å²) in [5.41, 5.74) is 3.33. The van der Waals surface area contributed by atoms with Crippen molar-refractivity contribution in [1.29, 1.82) is 0 Å². The molecule has 1 unspecified atom stereocenters. The highest BCUT2D eigenvalue weighted by Gasteiger charge is 2.20. The number of halogens is 1. The maximum absolute atomic E-state index is 13.1. The fourth-order valence-corrected chi connectivity index (χ4v) is 3.59. The van der Waals surface area contributed by atoms with Crippen molar-refractivity contribution in [2.45, 2.75) is 24.3 Å². The van der Waals surface area contributed by atoms with Gasteiger partial charge in [-0.1, -0.05) is 18.2 Å². The molecular formula is C16H16FNS. The third-order valence-corrected chi connectivity index (χ3v) is 4.60. The first-order valence-electron chi connectivity index (χ1n) is 6.48. The van der Waals surface area contributed by atoms with E-state index in [1.165, 1.54) is 16.5 Å². The Labute approximate surface area is 117 Å². The van der Waals surface area contributed by atoms with Crippen molar-refractivity contribution < 1.29 is 4.39 Å². The Hall–Kier alpha value is -1.48. The van der Waals surface area contributed by atoms with E-state index in [1.54, 1.807) is 6.07 Å². The summed E-state index contributed by atoms with van der Waals surface area (Å²) < 4.78 is 13.1. The van der Waals surface area contributed by atoms with Crippen LogP contribution in [0, 0.1) is 12.7 Å². The van der Waals surface area contributed by atoms with Crippen molar-refractivity contribution in [3.63, 3.8) is 0 Å². The molecule has 0 saturated heterocycles. The van der Waals surface area contributed by atoms with Gasteiger partial charge in [0.05, 0.1) is 6.04 Å². The molecule has 0 aromatic heterocycles. The number of hydrogen-bond donors (Lipinski definition) is 1. The lowest BCUT2D eigenvalue weighted by atomic mass is 10.0. The van der Waals surface area contributed by atoms with Gasteiger partial charge >= 0.3 is 0 Å². The van der Waals surface area contributed by atoms with Crippen molar-refractivity contribution in [1.82, 2.24) is 0 Å². The predicted molar refractivity (Wildman–Crippen MR) is 79.3 cm³/mol. The molecule has 3 heteroatoms. The van der Waals surface area contributed by atoms with Crippen LogP contribution in [0.5, 0.6) is 0 Å². The number of thioether (sulfide) groups is 1. The van der Waals surface area contributed by atoms with Crippen LogP contribution in [0.4, 0.5) is 10.1 Å². The summed E-state index contributed by atoms with van der Waals surface area (Å²) in [6.07, 6.45) is 1.10. The molecule has 2 aromatic rings. The molecule has 0 fully saturated rings. The normalized spacial score (nSPS) is 17.9. The second-order valence-corrected chi connectivity index (χ2v) is 5.97. The zero-order valence-corrected chi connectivity index (χ0v) is 11.6. The molecule has 1 heterocycles. The summed E-state index contributed by atoms with van der Waals surface area (Å²) in [6.45, 7) is 1.94. The highest BCUT2D eigenvalue weighted by Crippen LogP contribution is 2.38. The van der Waals surface area contributed by atoms with E-state index in [2.05, 4.69) is 29.6 Å². The molecule has 0 radical (unpaired) electrons. The number of hydrogen-bond acceptors (Lipinski definition) is 2. The first-order chi connectivity index (χ1) is 9.24. The highest BCUT2D eigenvalue weighted by atomic mass is 32.2. The smallest absolute Gasteiger partial charge is 0.123 e. The molecule has 1 N–H and O–H groups in total. The number of fused-ring (bicyclic) bond motifs is 1. The SMILES string of the molecule is Cc1cc(F)ccc1NC1CCSc2ccccc21. The van der Waals surface area contributed by atoms with Crippen molar-refractivity contribution in [2.75, 3.05) is 11.1 Å². The first kappa shape index (κ1) is 12.5. The van der Waals surface area contributed by atoms with E-state index in [4.69, 9.17) is 0 Å². The van der Waals surface area contributed by atoms with Crippen molar-refractivity contribution >= 4 is 17.4 Å². The van der Waals surface area contributed by atoms with Gasteiger partial charge in [0.15, 0.2) is 0 Å². The van der Waals surface area contributed by atoms with Gasteiger partial charge in [0, 0.05) is 16.3 Å². The van der Waals surface area contributed by atoms with Crippen LogP contribution in [0.3, 0.4) is 0 Å². The molecule has 0 amide bonds. The fraction of sp³-hybridized carbons (Fsp3) is 0.250. The zero-order chi connectivity index (χ0) is 13.2. The number of nitrogens with one attached hydrogen (secondary N) is 1. The molecule has 0 saturated carbocycles. The van der Waals surface area contributed by atoms with E-state index >= 15 is 0 Å². The van der Waals surface area contributed by atoms with Crippen LogP contribution < -0.4 is 5.32 Å². The quantitative estimate of drug-likeness (QED) is 0.844. The summed E-state index contributed by atoms with van der Waals surface area (Å²) in [5.74, 6) is 0.942. The molecule has 2 aromatic carbocycles. The predicted octanol–water partition coefficient (Wildman–Crippen LogP) is 4.78. The largest absolute Gasteiger partial charge is 0.378 e. The molecule has 0 bridgehead atoms. The van der Waals surface area contributed by atoms with Gasteiger partial charge in [-0.25, -0.2) is 4.39 Å². The topological polar surface area (TPSA) is 12.0 Å². The van der Waals surface area contributed by atoms with E-state index < -0.39 is 0 Å². The van der Waals surface area contributed by atoms with Gasteiger partial charge in [0.2, 0.25) is 0 Å². The third-order valence-electron chi connectivity index (χ3n) is 3.48. The highest BCUT2D eigenvalue weighted by molar-refractivity contribution is 7.99. The number of benzene rings is 2. The van der Waals surface area contributed by atoms with Gasteiger partial charge in [0.25, 0.3) is 0 Å². The second kappa shape index (κ2) is 5.25. The van der Waals surface area contributed by atoms with E-state index in [0.29, 0.717) is 6.04 Å². The average molecular weight is 273 g/mol. The first-order valence-corrected chi connectivity index (χ1v) is 7.47. The van der Waals surface area contributed by atoms with Crippen LogP contribution in [-0.4, -0.2) is 5.75 Å². The lowest BCUT2D eigenvalue weighted by molar-refractivity contribution is 0.626. The molecule has 0 aliphatic carbocycles. The molecule has 1 aliphatic rings. The minimum atomic E-state index is -0.178. The Morgan fingerprint density at radius 3 is 2.89 bits per heavy atom. The third kappa shape index (κ3) is 2.61. The summed E-state index contributed by atoms with van der Waals surface area (Å²) >= 11 is 1.91. The summed E-state index contributed by atoms with van der Waals surface area (Å²) in [7, 11) is 0. The minimum Gasteiger partial charge on any atom is -0.378 e. The molecule has 1 aliphatic heterocycles. The summed E-state index contributed by atoms with van der Waals surface area (Å²) in [5, 5.41) is 3.55. The maximum Gasteiger partial charge on any atom is 0.123 e. The van der Waals surface area contributed by atoms with Crippen LogP contribution in [0.1, 0.15) is 23.6 Å². The standard InChI is InChI=1S/C16H16FNS/c1-11-10-12(17)6-7-14(11)18-15-8-9-19-16-5-3-2-4-13(15)16/h2-7,10,15,18H,8-9H2,1H3. The second-order valence-electron chi connectivity index (χ2n) is 4.83. The molecular weight excluding hydrogens is 257 g/mol. The van der Waals surface area contributed by atoms with Crippen LogP contribution in [0.25, 0.3) is 0 Å². The van der Waals surface area contributed by atoms with Crippen LogP contribution >= 0.6 is 11.8 Å². The molecule has 0 spiro atoms. The molecule has 3 rings (SSSR count). The van der Waals surface area contributed by atoms with Crippen molar-refractivity contribution in [3.05, 3.63) is 59.4 Å². The van der Waals surface area contributed by atoms with E-state index in [1.807, 2.05) is 24.8 Å². The lowest BCUT2D eigenvalue weighted by Crippen LogP contribution is -2.16. The molecule has 98 valence electrons. The zero-order valence-electron chi connectivity index (χ0n) is 10.8. The minimum absolute atomic E-state index is 0.178. The van der Waals surface area contributed by atoms with Crippen molar-refractivity contribution in [2.24, 2.45) is 0 Å². The summed E-state index contributed by atoms with van der Waals surface area (Å²) in [4.78, 5) is 1.35. The van der Waals surface area contributed by atoms with E-state index in [0.717, 1.165) is 23.4 Å². The monoisotopic (exact) mass is 273 g/mol. The van der Waals surface area contributed by atoms with Crippen molar-refractivity contribution in [3.8, 4) is 0 Å². The molecule has 19 heavy (non-hydrogen) atoms. The van der Waals surface area contributed by atoms with Gasteiger partial charge in [-0.05, 0) is 48.7 Å². The summed E-state index contributed by atoms with van der Waals surface area (Å²) in [6, 6.07) is 13.7. The Morgan fingerprint density at radius 2 is 2.05 bits per heavy atom. The fourth-order valence-electron chi connectivity index (χ4n) is 2.47. The van der Waals surface area contributed by atoms with E-state index in [9.17, 15) is 4.39 Å². The molecule has 1 nitrogen and oxygen atoms in total. The Morgan fingerprint density at radius 1 is 1.21 bits per heavy atom. The van der Waals surface area contributed by atoms with Gasteiger partial charge in [-0.3, -0.25) is 0 Å². The lowest BCUT2D eigenvalue weighted by Gasteiger charge is -2.27. The maximum atomic E-state index is 13.1.